The lowest BCUT2D eigenvalue weighted by atomic mass is 10.1. The molecular formula is C19H17F2NO3. The van der Waals surface area contributed by atoms with Crippen LogP contribution in [0.5, 0.6) is 0 Å². The van der Waals surface area contributed by atoms with E-state index in [4.69, 9.17) is 0 Å². The van der Waals surface area contributed by atoms with E-state index in [1.165, 1.54) is 0 Å². The Morgan fingerprint density at radius 2 is 1.72 bits per heavy atom. The molecule has 6 heteroatoms. The van der Waals surface area contributed by atoms with Crippen molar-refractivity contribution in [1.29, 1.82) is 0 Å². The number of halogens is 2. The van der Waals surface area contributed by atoms with E-state index in [0.717, 1.165) is 17.7 Å². The Hall–Kier alpha value is -3.02. The second-order valence-corrected chi connectivity index (χ2v) is 5.46. The van der Waals surface area contributed by atoms with Crippen molar-refractivity contribution in [2.45, 2.75) is 18.9 Å². The molecule has 0 bridgehead atoms. The van der Waals surface area contributed by atoms with Crippen molar-refractivity contribution in [3.8, 4) is 0 Å². The van der Waals surface area contributed by atoms with Gasteiger partial charge in [-0.15, -0.1) is 0 Å². The van der Waals surface area contributed by atoms with Gasteiger partial charge in [-0.2, -0.15) is 0 Å². The van der Waals surface area contributed by atoms with Crippen molar-refractivity contribution in [2.24, 2.45) is 0 Å². The van der Waals surface area contributed by atoms with Gasteiger partial charge in [-0.1, -0.05) is 42.5 Å². The maximum absolute atomic E-state index is 13.1. The lowest BCUT2D eigenvalue weighted by molar-refractivity contribution is -0.141. The lowest BCUT2D eigenvalue weighted by Crippen LogP contribution is -2.41. The average Bonchev–Trinajstić information content (AvgIpc) is 2.53. The number of rotatable bonds is 7. The first kappa shape index (κ1) is 18.3. The van der Waals surface area contributed by atoms with Crippen LogP contribution in [0.25, 0.3) is 6.08 Å². The van der Waals surface area contributed by atoms with Gasteiger partial charge in [0.2, 0.25) is 5.91 Å². The number of benzene rings is 2. The number of nitrogens with one attached hydrogen (secondary N) is 1. The molecule has 0 aliphatic rings. The fraction of sp³-hybridized carbons (Fsp3) is 0.158. The first-order valence-corrected chi connectivity index (χ1v) is 7.63. The number of carbonyl (C=O) groups is 2. The highest BCUT2D eigenvalue weighted by atomic mass is 19.1. The summed E-state index contributed by atoms with van der Waals surface area (Å²) in [6.07, 6.45) is 3.19. The van der Waals surface area contributed by atoms with Crippen molar-refractivity contribution in [3.63, 3.8) is 0 Å². The molecule has 0 spiro atoms. The normalized spacial score (nSPS) is 12.1. The van der Waals surface area contributed by atoms with E-state index < -0.39 is 29.6 Å². The van der Waals surface area contributed by atoms with Crippen LogP contribution in [0.3, 0.4) is 0 Å². The third kappa shape index (κ3) is 6.18. The number of hydrogen-bond acceptors (Lipinski definition) is 2. The molecule has 0 heterocycles. The molecule has 1 amide bonds. The quantitative estimate of drug-likeness (QED) is 0.810. The summed E-state index contributed by atoms with van der Waals surface area (Å²) in [6, 6.07) is 11.0. The molecule has 2 N–H and O–H groups in total. The minimum absolute atomic E-state index is 0.0908. The summed E-state index contributed by atoms with van der Waals surface area (Å²) in [4.78, 5) is 23.2. The standard InChI is InChI=1S/C19H17F2NO3/c20-15-9-14(10-16(21)12-15)11-18(23)22-17(19(24)25)8-4-7-13-5-2-1-3-6-13/h1-7,9-10,12,17H,8,11H2,(H,22,23)(H,24,25)/b7-4+/t17-/m0/s1. The highest BCUT2D eigenvalue weighted by Crippen LogP contribution is 2.09. The fourth-order valence-corrected chi connectivity index (χ4v) is 2.27. The largest absolute Gasteiger partial charge is 0.480 e. The van der Waals surface area contributed by atoms with Gasteiger partial charge in [0, 0.05) is 6.07 Å². The number of carboxylic acids is 1. The van der Waals surface area contributed by atoms with Crippen LogP contribution in [0.15, 0.2) is 54.6 Å². The van der Waals surface area contributed by atoms with Gasteiger partial charge in [0.25, 0.3) is 0 Å². The monoisotopic (exact) mass is 345 g/mol. The second kappa shape index (κ2) is 8.73. The minimum Gasteiger partial charge on any atom is -0.480 e. The molecule has 0 saturated heterocycles. The summed E-state index contributed by atoms with van der Waals surface area (Å²) >= 11 is 0. The predicted octanol–water partition coefficient (Wildman–Crippen LogP) is 3.18. The van der Waals surface area contributed by atoms with E-state index in [1.807, 2.05) is 30.3 Å². The number of carboxylic acid groups (broad SMARTS) is 1. The first-order chi connectivity index (χ1) is 11.9. The second-order valence-electron chi connectivity index (χ2n) is 5.46. The molecule has 0 radical (unpaired) electrons. The molecule has 2 rings (SSSR count). The van der Waals surface area contributed by atoms with Crippen molar-refractivity contribution in [2.75, 3.05) is 0 Å². The van der Waals surface area contributed by atoms with Gasteiger partial charge >= 0.3 is 5.97 Å². The van der Waals surface area contributed by atoms with Crippen LogP contribution in [-0.4, -0.2) is 23.0 Å². The van der Waals surface area contributed by atoms with Crippen LogP contribution in [0.4, 0.5) is 8.78 Å². The zero-order chi connectivity index (χ0) is 18.2. The molecule has 0 saturated carbocycles. The van der Waals surface area contributed by atoms with Gasteiger partial charge in [0.1, 0.15) is 17.7 Å². The van der Waals surface area contributed by atoms with Gasteiger partial charge in [-0.25, -0.2) is 13.6 Å². The molecule has 0 aliphatic heterocycles. The molecule has 25 heavy (non-hydrogen) atoms. The minimum atomic E-state index is -1.18. The SMILES string of the molecule is O=C(Cc1cc(F)cc(F)c1)N[C@@H](C/C=C/c1ccccc1)C(=O)O. The van der Waals surface area contributed by atoms with Crippen molar-refractivity contribution >= 4 is 18.0 Å². The topological polar surface area (TPSA) is 66.4 Å². The third-order valence-corrected chi connectivity index (χ3v) is 3.40. The van der Waals surface area contributed by atoms with E-state index in [9.17, 15) is 23.5 Å². The van der Waals surface area contributed by atoms with Crippen molar-refractivity contribution in [3.05, 3.63) is 77.4 Å². The average molecular weight is 345 g/mol. The van der Waals surface area contributed by atoms with E-state index in [2.05, 4.69) is 5.32 Å². The number of hydrogen-bond donors (Lipinski definition) is 2. The summed E-state index contributed by atoms with van der Waals surface area (Å²) in [7, 11) is 0. The van der Waals surface area contributed by atoms with Gasteiger partial charge < -0.3 is 10.4 Å². The Morgan fingerprint density at radius 1 is 1.08 bits per heavy atom. The van der Waals surface area contributed by atoms with Gasteiger partial charge in [-0.05, 0) is 29.7 Å². The van der Waals surface area contributed by atoms with Crippen molar-refractivity contribution in [1.82, 2.24) is 5.32 Å². The van der Waals surface area contributed by atoms with Crippen LogP contribution < -0.4 is 5.32 Å². The number of carbonyl (C=O) groups excluding carboxylic acids is 1. The summed E-state index contributed by atoms with van der Waals surface area (Å²) in [5, 5.41) is 11.6. The highest BCUT2D eigenvalue weighted by molar-refractivity contribution is 5.85. The molecule has 0 aromatic heterocycles. The van der Waals surface area contributed by atoms with Crippen molar-refractivity contribution < 1.29 is 23.5 Å². The molecule has 0 aliphatic carbocycles. The molecule has 0 fully saturated rings. The molecule has 1 atom stereocenters. The Morgan fingerprint density at radius 3 is 2.32 bits per heavy atom. The van der Waals surface area contributed by atoms with E-state index in [1.54, 1.807) is 12.2 Å². The maximum atomic E-state index is 13.1. The fourth-order valence-electron chi connectivity index (χ4n) is 2.27. The number of aliphatic carboxylic acids is 1. The highest BCUT2D eigenvalue weighted by Gasteiger charge is 2.18. The summed E-state index contributed by atoms with van der Waals surface area (Å²) < 4.78 is 26.2. The molecule has 4 nitrogen and oxygen atoms in total. The van der Waals surface area contributed by atoms with Gasteiger partial charge in [-0.3, -0.25) is 4.79 Å². The molecule has 130 valence electrons. The summed E-state index contributed by atoms with van der Waals surface area (Å²) in [5.41, 5.74) is 1.05. The Bertz CT molecular complexity index is 755. The van der Waals surface area contributed by atoms with E-state index in [-0.39, 0.29) is 18.4 Å². The van der Waals surface area contributed by atoms with Crippen LogP contribution in [0.1, 0.15) is 17.5 Å². The predicted molar refractivity (Wildman–Crippen MR) is 89.7 cm³/mol. The summed E-state index contributed by atoms with van der Waals surface area (Å²) in [6.45, 7) is 0. The smallest absolute Gasteiger partial charge is 0.326 e. The zero-order valence-corrected chi connectivity index (χ0v) is 13.3. The Kier molecular flexibility index (Phi) is 6.39. The zero-order valence-electron chi connectivity index (χ0n) is 13.3. The van der Waals surface area contributed by atoms with Crippen LogP contribution in [0.2, 0.25) is 0 Å². The van der Waals surface area contributed by atoms with E-state index in [0.29, 0.717) is 6.07 Å². The number of amides is 1. The molecular weight excluding hydrogens is 328 g/mol. The third-order valence-electron chi connectivity index (χ3n) is 3.40. The van der Waals surface area contributed by atoms with Gasteiger partial charge in [0.15, 0.2) is 0 Å². The maximum Gasteiger partial charge on any atom is 0.326 e. The lowest BCUT2D eigenvalue weighted by Gasteiger charge is -2.12. The summed E-state index contributed by atoms with van der Waals surface area (Å²) in [5.74, 6) is -3.38. The molecule has 2 aromatic carbocycles. The van der Waals surface area contributed by atoms with Crippen LogP contribution in [0, 0.1) is 11.6 Å². The van der Waals surface area contributed by atoms with E-state index >= 15 is 0 Å². The van der Waals surface area contributed by atoms with Crippen LogP contribution in [-0.2, 0) is 16.0 Å². The Labute approximate surface area is 143 Å². The van der Waals surface area contributed by atoms with Gasteiger partial charge in [0.05, 0.1) is 6.42 Å². The Balaban J connectivity index is 1.95. The first-order valence-electron chi connectivity index (χ1n) is 7.63. The van der Waals surface area contributed by atoms with Crippen LogP contribution >= 0.6 is 0 Å². The molecule has 2 aromatic rings. The molecule has 0 unspecified atom stereocenters.